The van der Waals surface area contributed by atoms with E-state index in [9.17, 15) is 18.8 Å². The van der Waals surface area contributed by atoms with E-state index >= 15 is 0 Å². The van der Waals surface area contributed by atoms with Gasteiger partial charge in [-0.25, -0.2) is 0 Å². The van der Waals surface area contributed by atoms with Crippen LogP contribution in [0.5, 0.6) is 5.75 Å². The highest BCUT2D eigenvalue weighted by atomic mass is 35.5. The highest BCUT2D eigenvalue weighted by Gasteiger charge is 2.23. The van der Waals surface area contributed by atoms with Crippen molar-refractivity contribution in [2.45, 2.75) is 6.61 Å². The van der Waals surface area contributed by atoms with Gasteiger partial charge in [-0.05, 0) is 18.2 Å². The number of nitrogens with one attached hydrogen (secondary N) is 1. The molecule has 0 bridgehead atoms. The number of anilines is 1. The minimum atomic E-state index is -3.06. The van der Waals surface area contributed by atoms with Gasteiger partial charge in [0.25, 0.3) is 5.91 Å². The Morgan fingerprint density at radius 3 is 2.52 bits per heavy atom. The molecule has 2 aromatic heterocycles. The highest BCUT2D eigenvalue weighted by Crippen LogP contribution is 2.38. The molecule has 1 N–H and O–H groups in total. The third-order valence-electron chi connectivity index (χ3n) is 4.15. The lowest BCUT2D eigenvalue weighted by Crippen LogP contribution is -2.25. The zero-order valence-electron chi connectivity index (χ0n) is 14.3. The summed E-state index contributed by atoms with van der Waals surface area (Å²) >= 11 is 12.0. The van der Waals surface area contributed by atoms with E-state index in [0.29, 0.717) is 21.1 Å². The smallest absolute Gasteiger partial charge is 0.387 e. The van der Waals surface area contributed by atoms with Crippen LogP contribution in [-0.4, -0.2) is 12.5 Å². The minimum absolute atomic E-state index is 0.00167. The van der Waals surface area contributed by atoms with Crippen LogP contribution in [0.25, 0.3) is 21.9 Å². The van der Waals surface area contributed by atoms with Gasteiger partial charge in [0, 0.05) is 10.8 Å². The Balaban J connectivity index is 1.87. The Morgan fingerprint density at radius 1 is 1.14 bits per heavy atom. The number of fused-ring (bicyclic) bond motifs is 3. The lowest BCUT2D eigenvalue weighted by molar-refractivity contribution is -0.605. The largest absolute Gasteiger partial charge is 0.619 e. The monoisotopic (exact) mass is 438 g/mol. The van der Waals surface area contributed by atoms with E-state index in [-0.39, 0.29) is 32.6 Å². The first kappa shape index (κ1) is 19.2. The van der Waals surface area contributed by atoms with Crippen molar-refractivity contribution in [3.8, 4) is 5.75 Å². The van der Waals surface area contributed by atoms with E-state index in [1.165, 1.54) is 12.1 Å². The zero-order valence-corrected chi connectivity index (χ0v) is 15.8. The number of carbonyl (C=O) groups is 1. The number of furan rings is 1. The molecule has 0 saturated carbocycles. The quantitative estimate of drug-likeness (QED) is 0.342. The van der Waals surface area contributed by atoms with Crippen molar-refractivity contribution in [2.24, 2.45) is 0 Å². The number of pyridine rings is 1. The Kier molecular flexibility index (Phi) is 4.89. The van der Waals surface area contributed by atoms with E-state index in [1.54, 1.807) is 24.3 Å². The van der Waals surface area contributed by atoms with Crippen LogP contribution >= 0.6 is 23.2 Å². The molecule has 0 spiro atoms. The van der Waals surface area contributed by atoms with Gasteiger partial charge >= 0.3 is 6.61 Å². The number of para-hydroxylation sites is 1. The maximum absolute atomic E-state index is 12.9. The molecule has 0 unspecified atom stereocenters. The number of halogens is 4. The Labute approximate surface area is 171 Å². The van der Waals surface area contributed by atoms with Crippen LogP contribution in [0.4, 0.5) is 14.5 Å². The molecule has 0 saturated heterocycles. The number of aromatic nitrogens is 1. The molecule has 148 valence electrons. The van der Waals surface area contributed by atoms with Gasteiger partial charge in [0.15, 0.2) is 11.3 Å². The molecular formula is C19H10Cl2F2N2O4. The van der Waals surface area contributed by atoms with Gasteiger partial charge in [-0.1, -0.05) is 41.4 Å². The Hall–Kier alpha value is -3.10. The fraction of sp³-hybridized carbons (Fsp3) is 0.0526. The molecule has 0 fully saturated rings. The van der Waals surface area contributed by atoms with Crippen molar-refractivity contribution in [1.82, 2.24) is 0 Å². The number of alkyl halides is 2. The molecule has 1 amide bonds. The SMILES string of the molecule is O=C(Nc1c(Cl)c[n+]([O-])cc1Cl)c1ccc(OC(F)F)c2oc3ccccc3c12. The molecule has 6 nitrogen and oxygen atoms in total. The summed E-state index contributed by atoms with van der Waals surface area (Å²) in [6, 6.07) is 9.30. The summed E-state index contributed by atoms with van der Waals surface area (Å²) in [5, 5.41) is 14.6. The van der Waals surface area contributed by atoms with Gasteiger partial charge in [-0.3, -0.25) is 4.79 Å². The maximum Gasteiger partial charge on any atom is 0.387 e. The summed E-state index contributed by atoms with van der Waals surface area (Å²) in [5.41, 5.74) is 0.559. The lowest BCUT2D eigenvalue weighted by atomic mass is 10.0. The van der Waals surface area contributed by atoms with E-state index in [1.807, 2.05) is 0 Å². The summed E-state index contributed by atoms with van der Waals surface area (Å²) in [5.74, 6) is -0.830. The average molecular weight is 439 g/mol. The van der Waals surface area contributed by atoms with Gasteiger partial charge in [-0.2, -0.15) is 13.5 Å². The van der Waals surface area contributed by atoms with Gasteiger partial charge in [0.2, 0.25) is 12.4 Å². The topological polar surface area (TPSA) is 78.4 Å². The highest BCUT2D eigenvalue weighted by molar-refractivity contribution is 6.39. The maximum atomic E-state index is 12.9. The van der Waals surface area contributed by atoms with E-state index < -0.39 is 12.5 Å². The number of ether oxygens (including phenoxy) is 1. The number of benzene rings is 2. The van der Waals surface area contributed by atoms with Crippen LogP contribution in [0.3, 0.4) is 0 Å². The molecule has 2 aromatic carbocycles. The van der Waals surface area contributed by atoms with Crippen LogP contribution in [0.1, 0.15) is 10.4 Å². The fourth-order valence-corrected chi connectivity index (χ4v) is 3.53. The van der Waals surface area contributed by atoms with Gasteiger partial charge in [0.1, 0.15) is 15.6 Å². The molecule has 0 radical (unpaired) electrons. The average Bonchev–Trinajstić information content (AvgIpc) is 3.04. The fourth-order valence-electron chi connectivity index (χ4n) is 2.99. The predicted octanol–water partition coefficient (Wildman–Crippen LogP) is 5.38. The van der Waals surface area contributed by atoms with E-state index in [4.69, 9.17) is 27.6 Å². The first-order chi connectivity index (χ1) is 13.8. The third-order valence-corrected chi connectivity index (χ3v) is 4.72. The summed E-state index contributed by atoms with van der Waals surface area (Å²) in [4.78, 5) is 12.9. The molecule has 4 aromatic rings. The van der Waals surface area contributed by atoms with Gasteiger partial charge < -0.3 is 19.7 Å². The number of carbonyl (C=O) groups excluding carboxylic acids is 1. The summed E-state index contributed by atoms with van der Waals surface area (Å²) in [6.45, 7) is -3.06. The van der Waals surface area contributed by atoms with E-state index in [0.717, 1.165) is 12.4 Å². The Bertz CT molecular complexity index is 1240. The first-order valence-corrected chi connectivity index (χ1v) is 8.89. The van der Waals surface area contributed by atoms with Gasteiger partial charge in [0.05, 0.1) is 11.3 Å². The van der Waals surface area contributed by atoms with Crippen LogP contribution < -0.4 is 14.8 Å². The second-order valence-corrected chi connectivity index (χ2v) is 6.75. The summed E-state index contributed by atoms with van der Waals surface area (Å²) in [7, 11) is 0. The van der Waals surface area contributed by atoms with Crippen molar-refractivity contribution >= 4 is 56.7 Å². The Morgan fingerprint density at radius 2 is 1.83 bits per heavy atom. The molecule has 0 atom stereocenters. The van der Waals surface area contributed by atoms with Gasteiger partial charge in [-0.15, -0.1) is 0 Å². The van der Waals surface area contributed by atoms with Crippen LogP contribution in [0.15, 0.2) is 53.2 Å². The standard InChI is InChI=1S/C19H10Cl2F2N2O4/c20-11-7-25(27)8-12(21)16(11)24-18(26)10-5-6-14(29-19(22)23)17-15(10)9-3-1-2-4-13(9)28-17/h1-8,19H,(H,24,26). The molecule has 4 rings (SSSR count). The van der Waals surface area contributed by atoms with Crippen molar-refractivity contribution < 1.29 is 27.5 Å². The number of nitrogens with zero attached hydrogens (tertiary/aromatic N) is 1. The number of rotatable bonds is 4. The molecule has 10 heteroatoms. The van der Waals surface area contributed by atoms with Crippen LogP contribution in [-0.2, 0) is 0 Å². The van der Waals surface area contributed by atoms with Crippen LogP contribution in [0.2, 0.25) is 10.0 Å². The number of hydrogen-bond acceptors (Lipinski definition) is 4. The van der Waals surface area contributed by atoms with Crippen molar-refractivity contribution in [3.05, 3.63) is 69.6 Å². The molecular weight excluding hydrogens is 429 g/mol. The second kappa shape index (κ2) is 7.38. The summed E-state index contributed by atoms with van der Waals surface area (Å²) in [6.07, 6.45) is 2.07. The molecule has 0 aliphatic heterocycles. The molecule has 2 heterocycles. The third kappa shape index (κ3) is 3.52. The second-order valence-electron chi connectivity index (χ2n) is 5.94. The minimum Gasteiger partial charge on any atom is -0.619 e. The molecule has 29 heavy (non-hydrogen) atoms. The molecule has 0 aliphatic carbocycles. The normalized spacial score (nSPS) is 11.3. The van der Waals surface area contributed by atoms with Crippen LogP contribution in [0, 0.1) is 5.21 Å². The number of amides is 1. The zero-order chi connectivity index (χ0) is 20.7. The first-order valence-electron chi connectivity index (χ1n) is 8.13. The summed E-state index contributed by atoms with van der Waals surface area (Å²) < 4.78 is 36.1. The van der Waals surface area contributed by atoms with Crippen molar-refractivity contribution in [1.29, 1.82) is 0 Å². The van der Waals surface area contributed by atoms with Crippen molar-refractivity contribution in [3.63, 3.8) is 0 Å². The van der Waals surface area contributed by atoms with E-state index in [2.05, 4.69) is 10.1 Å². The predicted molar refractivity (Wildman–Crippen MR) is 104 cm³/mol. The lowest BCUT2D eigenvalue weighted by Gasteiger charge is -2.11. The van der Waals surface area contributed by atoms with Crippen molar-refractivity contribution in [2.75, 3.05) is 5.32 Å². The molecule has 0 aliphatic rings. The number of hydrogen-bond donors (Lipinski definition) is 1.